The molecule has 4 rings (SSSR count). The Morgan fingerprint density at radius 1 is 1.18 bits per heavy atom. The highest BCUT2D eigenvalue weighted by Crippen LogP contribution is 2.41. The van der Waals surface area contributed by atoms with Crippen LogP contribution in [0.4, 0.5) is 17.3 Å². The summed E-state index contributed by atoms with van der Waals surface area (Å²) < 4.78 is 16.1. The number of ether oxygens (including phenoxy) is 2. The number of aromatic hydroxyl groups is 1. The second-order valence-electron chi connectivity index (χ2n) is 9.26. The molecular formula is C23H28N5O6+. The molecule has 0 saturated heterocycles. The molecule has 3 aromatic rings. The lowest BCUT2D eigenvalue weighted by Crippen LogP contribution is -2.27. The summed E-state index contributed by atoms with van der Waals surface area (Å²) in [5, 5.41) is 19.4. The van der Waals surface area contributed by atoms with Gasteiger partial charge >= 0.3 is 5.82 Å². The maximum absolute atomic E-state index is 12.4. The van der Waals surface area contributed by atoms with Crippen LogP contribution in [0.1, 0.15) is 42.7 Å². The molecule has 0 unspecified atom stereocenters. The van der Waals surface area contributed by atoms with Gasteiger partial charge in [-0.3, -0.25) is 10.1 Å². The van der Waals surface area contributed by atoms with Crippen LogP contribution < -0.4 is 24.7 Å². The number of hydrogen-bond acceptors (Lipinski definition) is 8. The smallest absolute Gasteiger partial charge is 0.371 e. The van der Waals surface area contributed by atoms with Crippen LogP contribution in [0.2, 0.25) is 0 Å². The second kappa shape index (κ2) is 8.65. The monoisotopic (exact) mass is 470 g/mol. The molecule has 1 atom stereocenters. The summed E-state index contributed by atoms with van der Waals surface area (Å²) >= 11 is 0. The second-order valence-corrected chi connectivity index (χ2v) is 9.26. The van der Waals surface area contributed by atoms with Crippen LogP contribution >= 0.6 is 0 Å². The average molecular weight is 471 g/mol. The fourth-order valence-corrected chi connectivity index (χ4v) is 3.70. The van der Waals surface area contributed by atoms with Crippen LogP contribution in [0.15, 0.2) is 41.0 Å². The molecule has 11 heteroatoms. The van der Waals surface area contributed by atoms with Crippen molar-refractivity contribution >= 4 is 23.2 Å². The zero-order chi connectivity index (χ0) is 24.6. The first kappa shape index (κ1) is 23.0. The molecule has 0 bridgehead atoms. The van der Waals surface area contributed by atoms with Crippen molar-refractivity contribution in [3.63, 3.8) is 0 Å². The van der Waals surface area contributed by atoms with Crippen LogP contribution in [0.5, 0.6) is 17.2 Å². The molecule has 0 spiro atoms. The summed E-state index contributed by atoms with van der Waals surface area (Å²) in [6, 6.07) is 10.1. The van der Waals surface area contributed by atoms with E-state index in [9.17, 15) is 14.8 Å². The molecule has 0 radical (unpaired) electrons. The normalized spacial score (nSPS) is 13.4. The SMILES string of the molecule is CN(C)C(=O)c1cccc(Nc2c(N[C@@H](c3ccc4c(c3)OCO4)C(C)(C)C)[nH]o[n+]2=O)c1O. The van der Waals surface area contributed by atoms with E-state index in [1.54, 1.807) is 26.2 Å². The molecule has 34 heavy (non-hydrogen) atoms. The van der Waals surface area contributed by atoms with Crippen LogP contribution in [0.25, 0.3) is 0 Å². The standard InChI is InChI=1S/C23H27N5O6/c1-23(2,3)19(13-9-10-16-17(11-13)33-12-32-16)25-20-21(28(31)34-26-20)24-15-8-6-7-14(18(15)29)22(30)27(4)5/h6-11,19,24H,12H2,1-5H3,(H2-,25,26,29,30,31)/p+1/t19-/m0/s1. The third kappa shape index (κ3) is 4.36. The molecule has 1 aromatic heterocycles. The zero-order valence-corrected chi connectivity index (χ0v) is 19.6. The number of rotatable bonds is 6. The van der Waals surface area contributed by atoms with Crippen molar-refractivity contribution in [2.75, 3.05) is 31.5 Å². The number of fused-ring (bicyclic) bond motifs is 1. The highest BCUT2D eigenvalue weighted by Gasteiger charge is 2.32. The molecule has 2 aromatic carbocycles. The molecule has 2 heterocycles. The molecule has 11 nitrogen and oxygen atoms in total. The highest BCUT2D eigenvalue weighted by atomic mass is 16.7. The number of nitrogens with one attached hydrogen (secondary N) is 3. The van der Waals surface area contributed by atoms with E-state index in [-0.39, 0.29) is 57.4 Å². The van der Waals surface area contributed by atoms with Crippen LogP contribution in [0, 0.1) is 10.3 Å². The molecular weight excluding hydrogens is 442 g/mol. The lowest BCUT2D eigenvalue weighted by Gasteiger charge is -2.31. The van der Waals surface area contributed by atoms with Crippen molar-refractivity contribution < 1.29 is 28.6 Å². The van der Waals surface area contributed by atoms with Crippen LogP contribution in [0.3, 0.4) is 0 Å². The number of H-pyrrole nitrogens is 1. The number of aromatic amines is 1. The average Bonchev–Trinajstić information content (AvgIpc) is 3.38. The number of carbonyl (C=O) groups is 1. The highest BCUT2D eigenvalue weighted by molar-refractivity contribution is 5.98. The van der Waals surface area contributed by atoms with E-state index in [1.807, 2.05) is 18.2 Å². The lowest BCUT2D eigenvalue weighted by molar-refractivity contribution is -0.701. The summed E-state index contributed by atoms with van der Waals surface area (Å²) in [7, 11) is 3.17. The Hall–Kier alpha value is -4.15. The summed E-state index contributed by atoms with van der Waals surface area (Å²) in [5.41, 5.74) is 0.897. The first-order valence-electron chi connectivity index (χ1n) is 10.7. The van der Waals surface area contributed by atoms with E-state index in [0.717, 1.165) is 5.56 Å². The quantitative estimate of drug-likeness (QED) is 0.402. The van der Waals surface area contributed by atoms with Crippen LogP contribution in [-0.4, -0.2) is 42.0 Å². The topological polar surface area (TPSA) is 135 Å². The Kier molecular flexibility index (Phi) is 5.86. The van der Waals surface area contributed by atoms with Crippen molar-refractivity contribution in [2.24, 2.45) is 5.41 Å². The third-order valence-electron chi connectivity index (χ3n) is 5.46. The molecule has 0 saturated carbocycles. The minimum absolute atomic E-state index is 0.0141. The van der Waals surface area contributed by atoms with Crippen molar-refractivity contribution in [3.8, 4) is 17.2 Å². The first-order valence-corrected chi connectivity index (χ1v) is 10.7. The first-order chi connectivity index (χ1) is 16.1. The fraction of sp³-hybridized carbons (Fsp3) is 0.348. The van der Waals surface area contributed by atoms with Gasteiger partial charge in [-0.1, -0.05) is 38.1 Å². The largest absolute Gasteiger partial charge is 0.504 e. The van der Waals surface area contributed by atoms with Gasteiger partial charge in [-0.05, 0) is 40.2 Å². The summed E-state index contributed by atoms with van der Waals surface area (Å²) in [5.74, 6) is 0.916. The Labute approximate surface area is 195 Å². The van der Waals surface area contributed by atoms with Gasteiger partial charge in [0.15, 0.2) is 21.8 Å². The van der Waals surface area contributed by atoms with Gasteiger partial charge in [-0.25, -0.2) is 0 Å². The van der Waals surface area contributed by atoms with E-state index in [2.05, 4.69) is 36.6 Å². The van der Waals surface area contributed by atoms with Gasteiger partial charge in [0.1, 0.15) is 5.69 Å². The number of nitrogens with zero attached hydrogens (tertiary/aromatic N) is 2. The fourth-order valence-electron chi connectivity index (χ4n) is 3.70. The van der Waals surface area contributed by atoms with Gasteiger partial charge in [0.05, 0.1) is 11.6 Å². The van der Waals surface area contributed by atoms with Gasteiger partial charge in [-0.15, -0.1) is 4.63 Å². The van der Waals surface area contributed by atoms with Crippen molar-refractivity contribution in [1.82, 2.24) is 10.1 Å². The van der Waals surface area contributed by atoms with Gasteiger partial charge in [0.2, 0.25) is 6.79 Å². The Bertz CT molecular complexity index is 1270. The lowest BCUT2D eigenvalue weighted by atomic mass is 9.82. The third-order valence-corrected chi connectivity index (χ3v) is 5.46. The zero-order valence-electron chi connectivity index (χ0n) is 19.6. The Morgan fingerprint density at radius 3 is 2.62 bits per heavy atom. The molecule has 4 N–H and O–H groups in total. The Balaban J connectivity index is 1.67. The van der Waals surface area contributed by atoms with Crippen LogP contribution in [-0.2, 0) is 0 Å². The van der Waals surface area contributed by atoms with Crippen molar-refractivity contribution in [1.29, 1.82) is 0 Å². The minimum atomic E-state index is -0.371. The number of phenols is 1. The predicted octanol–water partition coefficient (Wildman–Crippen LogP) is 3.60. The number of anilines is 3. The molecule has 0 aliphatic carbocycles. The molecule has 1 aliphatic heterocycles. The van der Waals surface area contributed by atoms with Gasteiger partial charge in [0.25, 0.3) is 11.7 Å². The van der Waals surface area contributed by atoms with Gasteiger partial charge in [-0.2, -0.15) is 0 Å². The molecule has 1 aliphatic rings. The number of amides is 1. The Morgan fingerprint density at radius 2 is 1.91 bits per heavy atom. The minimum Gasteiger partial charge on any atom is -0.504 e. The summed E-state index contributed by atoms with van der Waals surface area (Å²) in [6.45, 7) is 6.33. The van der Waals surface area contributed by atoms with Crippen molar-refractivity contribution in [3.05, 3.63) is 52.4 Å². The maximum Gasteiger partial charge on any atom is 0.371 e. The van der Waals surface area contributed by atoms with E-state index in [4.69, 9.17) is 14.1 Å². The van der Waals surface area contributed by atoms with E-state index in [0.29, 0.717) is 11.5 Å². The number of carbonyl (C=O) groups excluding carboxylic acids is 1. The van der Waals surface area contributed by atoms with Gasteiger partial charge in [0, 0.05) is 14.1 Å². The van der Waals surface area contributed by atoms with E-state index < -0.39 is 0 Å². The summed E-state index contributed by atoms with van der Waals surface area (Å²) in [6.07, 6.45) is 0. The predicted molar refractivity (Wildman–Crippen MR) is 124 cm³/mol. The number of hydrogen-bond donors (Lipinski definition) is 4. The van der Waals surface area contributed by atoms with Crippen molar-refractivity contribution in [2.45, 2.75) is 26.8 Å². The summed E-state index contributed by atoms with van der Waals surface area (Å²) in [4.78, 5) is 26.1. The van der Waals surface area contributed by atoms with E-state index >= 15 is 0 Å². The number of phenolic OH excluding ortho intramolecular Hbond substituents is 1. The number of benzene rings is 2. The van der Waals surface area contributed by atoms with E-state index in [1.165, 1.54) is 11.0 Å². The number of aromatic nitrogens is 2. The molecule has 1 amide bonds. The maximum atomic E-state index is 12.4. The molecule has 0 fully saturated rings. The molecule has 180 valence electrons. The number of para-hydroxylation sites is 1. The van der Waals surface area contributed by atoms with Gasteiger partial charge < -0.3 is 24.8 Å².